The third-order valence-corrected chi connectivity index (χ3v) is 6.26. The lowest BCUT2D eigenvalue weighted by atomic mass is 10.1. The molecule has 1 amide bonds. The van der Waals surface area contributed by atoms with Crippen molar-refractivity contribution in [3.05, 3.63) is 42.0 Å². The number of thiazole rings is 1. The van der Waals surface area contributed by atoms with Crippen LogP contribution in [0, 0.1) is 0 Å². The van der Waals surface area contributed by atoms with Crippen molar-refractivity contribution in [3.63, 3.8) is 0 Å². The Kier molecular flexibility index (Phi) is 4.83. The van der Waals surface area contributed by atoms with Crippen molar-refractivity contribution in [2.24, 2.45) is 0 Å². The molecule has 0 aliphatic carbocycles. The van der Waals surface area contributed by atoms with E-state index in [0.717, 1.165) is 32.9 Å². The maximum absolute atomic E-state index is 12.9. The van der Waals surface area contributed by atoms with Gasteiger partial charge in [0.25, 0.3) is 5.91 Å². The summed E-state index contributed by atoms with van der Waals surface area (Å²) in [6, 6.07) is 11.6. The van der Waals surface area contributed by atoms with Gasteiger partial charge in [-0.1, -0.05) is 12.1 Å². The average molecular weight is 411 g/mol. The molecule has 3 heterocycles. The molecule has 2 aliphatic heterocycles. The number of morpholine rings is 1. The minimum Gasteiger partial charge on any atom is -0.504 e. The quantitative estimate of drug-likeness (QED) is 0.674. The number of carbonyl (C=O) groups excluding carboxylic acids is 1. The number of aromatic hydroxyl groups is 1. The highest BCUT2D eigenvalue weighted by molar-refractivity contribution is 7.21. The molecule has 29 heavy (non-hydrogen) atoms. The molecule has 0 unspecified atom stereocenters. The van der Waals surface area contributed by atoms with Crippen molar-refractivity contribution in [3.8, 4) is 22.1 Å². The maximum Gasteiger partial charge on any atom is 0.253 e. The molecule has 8 heteroatoms. The lowest BCUT2D eigenvalue weighted by Crippen LogP contribution is -2.49. The van der Waals surface area contributed by atoms with E-state index in [1.54, 1.807) is 22.3 Å². The van der Waals surface area contributed by atoms with Gasteiger partial charge in [-0.25, -0.2) is 4.98 Å². The molecule has 7 nitrogen and oxygen atoms in total. The number of carbonyl (C=O) groups is 1. The number of nitrogens with one attached hydrogen (secondary N) is 1. The van der Waals surface area contributed by atoms with Gasteiger partial charge < -0.3 is 24.8 Å². The van der Waals surface area contributed by atoms with E-state index in [2.05, 4.69) is 10.3 Å². The number of nitrogens with zero attached hydrogens (tertiary/aromatic N) is 2. The van der Waals surface area contributed by atoms with E-state index in [1.807, 2.05) is 30.3 Å². The van der Waals surface area contributed by atoms with Gasteiger partial charge in [-0.3, -0.25) is 4.79 Å². The number of hydrogen-bond donors (Lipinski definition) is 2. The summed E-state index contributed by atoms with van der Waals surface area (Å²) in [5.41, 5.74) is 2.52. The molecule has 2 N–H and O–H groups in total. The Balaban J connectivity index is 1.47. The third-order valence-electron chi connectivity index (χ3n) is 5.17. The number of amides is 1. The second-order valence-corrected chi connectivity index (χ2v) is 8.17. The van der Waals surface area contributed by atoms with Gasteiger partial charge in [0.05, 0.1) is 23.4 Å². The van der Waals surface area contributed by atoms with Crippen LogP contribution in [0.1, 0.15) is 5.56 Å². The zero-order valence-electron chi connectivity index (χ0n) is 15.8. The molecule has 0 bridgehead atoms. The van der Waals surface area contributed by atoms with E-state index in [4.69, 9.17) is 9.47 Å². The topological polar surface area (TPSA) is 83.9 Å². The first-order valence-corrected chi connectivity index (χ1v) is 10.5. The smallest absolute Gasteiger partial charge is 0.253 e. The molecular weight excluding hydrogens is 390 g/mol. The van der Waals surface area contributed by atoms with Crippen molar-refractivity contribution in [2.75, 3.05) is 32.8 Å². The zero-order chi connectivity index (χ0) is 19.8. The molecule has 3 aromatic rings. The summed E-state index contributed by atoms with van der Waals surface area (Å²) in [5, 5.41) is 14.6. The largest absolute Gasteiger partial charge is 0.504 e. The second kappa shape index (κ2) is 7.62. The summed E-state index contributed by atoms with van der Waals surface area (Å²) < 4.78 is 12.5. The highest BCUT2D eigenvalue weighted by Gasteiger charge is 2.30. The van der Waals surface area contributed by atoms with Gasteiger partial charge in [0.15, 0.2) is 11.5 Å². The van der Waals surface area contributed by atoms with Crippen LogP contribution in [0.2, 0.25) is 0 Å². The maximum atomic E-state index is 12.9. The van der Waals surface area contributed by atoms with Gasteiger partial charge in [0, 0.05) is 30.8 Å². The summed E-state index contributed by atoms with van der Waals surface area (Å²) >= 11 is 1.57. The number of fused-ring (bicyclic) bond motifs is 2. The lowest BCUT2D eigenvalue weighted by Gasteiger charge is -2.28. The number of para-hydroxylation sites is 1. The van der Waals surface area contributed by atoms with Crippen LogP contribution < -0.4 is 10.1 Å². The van der Waals surface area contributed by atoms with E-state index < -0.39 is 6.10 Å². The lowest BCUT2D eigenvalue weighted by molar-refractivity contribution is -0.146. The molecule has 1 fully saturated rings. The summed E-state index contributed by atoms with van der Waals surface area (Å²) in [5.74, 6) is 0.452. The van der Waals surface area contributed by atoms with Crippen LogP contribution in [0.4, 0.5) is 0 Å². The number of rotatable bonds is 2. The molecule has 1 atom stereocenters. The number of ether oxygens (including phenoxy) is 2. The van der Waals surface area contributed by atoms with E-state index in [1.165, 1.54) is 0 Å². The molecule has 2 aliphatic rings. The monoisotopic (exact) mass is 411 g/mol. The number of phenols is 1. The Hall–Kier alpha value is -2.68. The van der Waals surface area contributed by atoms with Crippen molar-refractivity contribution in [2.45, 2.75) is 12.6 Å². The fraction of sp³-hybridized carbons (Fsp3) is 0.333. The van der Waals surface area contributed by atoms with Crippen LogP contribution in [0.15, 0.2) is 36.4 Å². The minimum atomic E-state index is -0.480. The van der Waals surface area contributed by atoms with Crippen LogP contribution in [-0.4, -0.2) is 59.8 Å². The number of benzene rings is 2. The molecule has 1 saturated heterocycles. The van der Waals surface area contributed by atoms with E-state index in [-0.39, 0.29) is 11.7 Å². The minimum absolute atomic E-state index is 0.0569. The van der Waals surface area contributed by atoms with Crippen LogP contribution in [0.3, 0.4) is 0 Å². The first-order chi connectivity index (χ1) is 14.2. The number of aromatic nitrogens is 1. The molecule has 0 radical (unpaired) electrons. The molecule has 2 aromatic carbocycles. The Labute approximate surface area is 171 Å². The SMILES string of the molecule is O=C([C@@H]1CNCCO1)N1CCOc2c(O)cc(-c3nc4ccccc4s3)cc2C1. The predicted octanol–water partition coefficient (Wildman–Crippen LogP) is 2.38. The van der Waals surface area contributed by atoms with Crippen molar-refractivity contribution in [1.29, 1.82) is 0 Å². The van der Waals surface area contributed by atoms with Gasteiger partial charge in [-0.05, 0) is 24.3 Å². The predicted molar refractivity (Wildman–Crippen MR) is 110 cm³/mol. The van der Waals surface area contributed by atoms with Crippen LogP contribution in [0.5, 0.6) is 11.5 Å². The highest BCUT2D eigenvalue weighted by Crippen LogP contribution is 2.39. The normalized spacial score (nSPS) is 19.4. The molecule has 1 aromatic heterocycles. The Morgan fingerprint density at radius 1 is 1.28 bits per heavy atom. The van der Waals surface area contributed by atoms with Gasteiger partial charge in [-0.15, -0.1) is 11.3 Å². The number of phenolic OH excluding ortho intramolecular Hbond substituents is 1. The Morgan fingerprint density at radius 3 is 3.00 bits per heavy atom. The average Bonchev–Trinajstić information content (AvgIpc) is 3.07. The van der Waals surface area contributed by atoms with Gasteiger partial charge in [0.1, 0.15) is 17.7 Å². The highest BCUT2D eigenvalue weighted by atomic mass is 32.1. The van der Waals surface area contributed by atoms with Gasteiger partial charge >= 0.3 is 0 Å². The van der Waals surface area contributed by atoms with E-state index >= 15 is 0 Å². The summed E-state index contributed by atoms with van der Waals surface area (Å²) in [6.45, 7) is 2.94. The van der Waals surface area contributed by atoms with E-state index in [9.17, 15) is 9.90 Å². The van der Waals surface area contributed by atoms with Crippen LogP contribution in [-0.2, 0) is 16.1 Å². The Morgan fingerprint density at radius 2 is 2.17 bits per heavy atom. The van der Waals surface area contributed by atoms with Crippen molar-refractivity contribution < 1.29 is 19.4 Å². The molecule has 0 spiro atoms. The second-order valence-electron chi connectivity index (χ2n) is 7.14. The van der Waals surface area contributed by atoms with Crippen LogP contribution >= 0.6 is 11.3 Å². The molecule has 5 rings (SSSR count). The first kappa shape index (κ1) is 18.4. The molecule has 0 saturated carbocycles. The number of hydrogen-bond acceptors (Lipinski definition) is 7. The van der Waals surface area contributed by atoms with Crippen molar-refractivity contribution >= 4 is 27.5 Å². The third kappa shape index (κ3) is 3.55. The fourth-order valence-electron chi connectivity index (χ4n) is 3.73. The Bertz CT molecular complexity index is 1030. The van der Waals surface area contributed by atoms with Gasteiger partial charge in [0.2, 0.25) is 0 Å². The fourth-order valence-corrected chi connectivity index (χ4v) is 4.69. The van der Waals surface area contributed by atoms with E-state index in [0.29, 0.717) is 38.6 Å². The summed E-state index contributed by atoms with van der Waals surface area (Å²) in [6.07, 6.45) is -0.480. The summed E-state index contributed by atoms with van der Waals surface area (Å²) in [4.78, 5) is 19.3. The zero-order valence-corrected chi connectivity index (χ0v) is 16.6. The van der Waals surface area contributed by atoms with Gasteiger partial charge in [-0.2, -0.15) is 0 Å². The summed E-state index contributed by atoms with van der Waals surface area (Å²) in [7, 11) is 0. The van der Waals surface area contributed by atoms with Crippen LogP contribution in [0.25, 0.3) is 20.8 Å². The standard InChI is InChI=1S/C21H21N3O4S/c25-16-10-13(20-23-15-3-1-2-4-18(15)29-20)9-14-12-24(6-8-28-19(14)16)21(26)17-11-22-5-7-27-17/h1-4,9-10,17,22,25H,5-8,11-12H2/t17-/m0/s1. The van der Waals surface area contributed by atoms with Crippen molar-refractivity contribution in [1.82, 2.24) is 15.2 Å². The molecule has 150 valence electrons. The first-order valence-electron chi connectivity index (χ1n) is 9.65. The molecular formula is C21H21N3O4S.